The first-order chi connectivity index (χ1) is 11.4. The van der Waals surface area contributed by atoms with Crippen LogP contribution in [0.25, 0.3) is 10.8 Å². The molecule has 2 aromatic rings. The Morgan fingerprint density at radius 3 is 2.46 bits per heavy atom. The van der Waals surface area contributed by atoms with Crippen molar-refractivity contribution < 1.29 is 34.7 Å². The van der Waals surface area contributed by atoms with Crippen LogP contribution in [-0.4, -0.2) is 57.1 Å². The van der Waals surface area contributed by atoms with Gasteiger partial charge in [-0.3, -0.25) is 0 Å². The van der Waals surface area contributed by atoms with Gasteiger partial charge in [0.2, 0.25) is 6.29 Å². The molecule has 1 aliphatic heterocycles. The molecule has 2 aromatic carbocycles. The van der Waals surface area contributed by atoms with E-state index in [0.717, 1.165) is 10.8 Å². The zero-order valence-corrected chi connectivity index (χ0v) is 13.8. The molecule has 5 atom stereocenters. The number of rotatable bonds is 3. The maximum absolute atomic E-state index is 11.1. The summed E-state index contributed by atoms with van der Waals surface area (Å²) in [5.41, 5.74) is 0. The van der Waals surface area contributed by atoms with E-state index in [4.69, 9.17) is 14.6 Å². The van der Waals surface area contributed by atoms with Crippen LogP contribution in [0.4, 0.5) is 0 Å². The van der Waals surface area contributed by atoms with Crippen molar-refractivity contribution in [2.45, 2.75) is 30.7 Å². The van der Waals surface area contributed by atoms with Gasteiger partial charge in [0, 0.05) is 0 Å². The van der Waals surface area contributed by atoms with Crippen LogP contribution < -0.4 is 4.74 Å². The highest BCUT2D eigenvalue weighted by atomic mass is 79.9. The van der Waals surface area contributed by atoms with Gasteiger partial charge in [0.15, 0.2) is 6.10 Å². The van der Waals surface area contributed by atoms with Crippen LogP contribution in [0.15, 0.2) is 40.9 Å². The molecule has 0 saturated carbocycles. The Balaban J connectivity index is 1.89. The maximum Gasteiger partial charge on any atom is 0.335 e. The molecule has 1 fully saturated rings. The van der Waals surface area contributed by atoms with Crippen molar-refractivity contribution in [2.24, 2.45) is 0 Å². The molecular formula is C16H15BrO7. The van der Waals surface area contributed by atoms with E-state index in [-0.39, 0.29) is 0 Å². The summed E-state index contributed by atoms with van der Waals surface area (Å²) in [6, 6.07) is 10.9. The van der Waals surface area contributed by atoms with Crippen molar-refractivity contribution in [3.05, 3.63) is 40.9 Å². The van der Waals surface area contributed by atoms with Crippen molar-refractivity contribution >= 4 is 32.7 Å². The van der Waals surface area contributed by atoms with E-state index in [1.807, 2.05) is 24.3 Å². The van der Waals surface area contributed by atoms with Crippen LogP contribution in [0.5, 0.6) is 5.75 Å². The standard InChI is InChI=1S/C16H15BrO7/c17-10-8-4-2-1-3-7(8)5-6-9(10)23-16-13(20)11(18)12(19)14(24-16)15(21)22/h1-6,11-14,16,18-20H,(H,21,22)/t11-,12-,13+,14-,16+/m0/s1. The van der Waals surface area contributed by atoms with Crippen LogP contribution in [0.2, 0.25) is 0 Å². The topological polar surface area (TPSA) is 116 Å². The Labute approximate surface area is 145 Å². The molecule has 1 saturated heterocycles. The number of aliphatic hydroxyl groups is 3. The minimum atomic E-state index is -1.75. The summed E-state index contributed by atoms with van der Waals surface area (Å²) >= 11 is 3.41. The van der Waals surface area contributed by atoms with Crippen molar-refractivity contribution in [2.75, 3.05) is 0 Å². The Morgan fingerprint density at radius 2 is 1.75 bits per heavy atom. The minimum Gasteiger partial charge on any atom is -0.479 e. The van der Waals surface area contributed by atoms with E-state index >= 15 is 0 Å². The number of carboxylic acids is 1. The highest BCUT2D eigenvalue weighted by Crippen LogP contribution is 2.35. The van der Waals surface area contributed by atoms with Crippen LogP contribution in [0, 0.1) is 0 Å². The van der Waals surface area contributed by atoms with Crippen LogP contribution in [-0.2, 0) is 9.53 Å². The summed E-state index contributed by atoms with van der Waals surface area (Å²) in [5, 5.41) is 40.4. The molecule has 7 nitrogen and oxygen atoms in total. The summed E-state index contributed by atoms with van der Waals surface area (Å²) in [4.78, 5) is 11.1. The van der Waals surface area contributed by atoms with E-state index in [1.54, 1.807) is 12.1 Å². The van der Waals surface area contributed by atoms with Crippen LogP contribution >= 0.6 is 15.9 Å². The van der Waals surface area contributed by atoms with Crippen molar-refractivity contribution in [1.82, 2.24) is 0 Å². The van der Waals surface area contributed by atoms with Gasteiger partial charge in [-0.15, -0.1) is 0 Å². The molecule has 0 unspecified atom stereocenters. The largest absolute Gasteiger partial charge is 0.479 e. The summed E-state index contributed by atoms with van der Waals surface area (Å²) < 4.78 is 11.3. The van der Waals surface area contributed by atoms with E-state index in [2.05, 4.69) is 15.9 Å². The first-order valence-electron chi connectivity index (χ1n) is 7.16. The van der Waals surface area contributed by atoms with Crippen molar-refractivity contribution in [1.29, 1.82) is 0 Å². The van der Waals surface area contributed by atoms with E-state index < -0.39 is 36.7 Å². The van der Waals surface area contributed by atoms with Gasteiger partial charge in [-0.2, -0.15) is 0 Å². The monoisotopic (exact) mass is 398 g/mol. The van der Waals surface area contributed by atoms with E-state index in [1.165, 1.54) is 0 Å². The summed E-state index contributed by atoms with van der Waals surface area (Å²) in [6.45, 7) is 0. The number of hydrogen-bond donors (Lipinski definition) is 4. The molecule has 0 radical (unpaired) electrons. The number of ether oxygens (including phenoxy) is 2. The van der Waals surface area contributed by atoms with Crippen molar-refractivity contribution in [3.63, 3.8) is 0 Å². The normalized spacial score (nSPS) is 30.2. The molecule has 24 heavy (non-hydrogen) atoms. The second-order valence-corrected chi connectivity index (χ2v) is 6.24. The molecule has 3 rings (SSSR count). The van der Waals surface area contributed by atoms with Gasteiger partial charge >= 0.3 is 5.97 Å². The highest BCUT2D eigenvalue weighted by molar-refractivity contribution is 9.10. The average Bonchev–Trinajstić information content (AvgIpc) is 2.57. The average molecular weight is 399 g/mol. The number of hydrogen-bond acceptors (Lipinski definition) is 6. The molecule has 4 N–H and O–H groups in total. The summed E-state index contributed by atoms with van der Waals surface area (Å²) in [6.07, 6.45) is -8.20. The Kier molecular flexibility index (Phi) is 4.75. The maximum atomic E-state index is 11.1. The molecule has 0 amide bonds. The first-order valence-corrected chi connectivity index (χ1v) is 7.96. The molecule has 1 aliphatic rings. The molecule has 0 aromatic heterocycles. The SMILES string of the molecule is O=C(O)[C@H]1O[C@@H](Oc2ccc3ccccc3c2Br)[C@H](O)[C@@H](O)[C@@H]1O. The Morgan fingerprint density at radius 1 is 1.04 bits per heavy atom. The molecule has 8 heteroatoms. The second-order valence-electron chi connectivity index (χ2n) is 5.45. The molecule has 1 heterocycles. The van der Waals surface area contributed by atoms with Gasteiger partial charge < -0.3 is 29.9 Å². The van der Waals surface area contributed by atoms with Crippen molar-refractivity contribution in [3.8, 4) is 5.75 Å². The smallest absolute Gasteiger partial charge is 0.335 e. The lowest BCUT2D eigenvalue weighted by Crippen LogP contribution is -2.61. The van der Waals surface area contributed by atoms with Gasteiger partial charge in [-0.25, -0.2) is 4.79 Å². The minimum absolute atomic E-state index is 0.311. The lowest BCUT2D eigenvalue weighted by molar-refractivity contribution is -0.271. The Bertz CT molecular complexity index is 765. The van der Waals surface area contributed by atoms with Gasteiger partial charge in [0.25, 0.3) is 0 Å². The highest BCUT2D eigenvalue weighted by Gasteiger charge is 2.48. The molecular weight excluding hydrogens is 384 g/mol. The summed E-state index contributed by atoms with van der Waals surface area (Å²) in [7, 11) is 0. The molecule has 0 aliphatic carbocycles. The predicted molar refractivity (Wildman–Crippen MR) is 86.6 cm³/mol. The van der Waals surface area contributed by atoms with Gasteiger partial charge in [-0.05, 0) is 32.8 Å². The fourth-order valence-electron chi connectivity index (χ4n) is 2.58. The number of carbonyl (C=O) groups is 1. The number of aliphatic hydroxyl groups excluding tert-OH is 3. The van der Waals surface area contributed by atoms with E-state index in [9.17, 15) is 20.1 Å². The zero-order chi connectivity index (χ0) is 17.4. The number of halogens is 1. The van der Waals surface area contributed by atoms with E-state index in [0.29, 0.717) is 10.2 Å². The number of benzene rings is 2. The summed E-state index contributed by atoms with van der Waals surface area (Å²) in [5.74, 6) is -1.15. The lowest BCUT2D eigenvalue weighted by atomic mass is 9.99. The first kappa shape index (κ1) is 17.1. The molecule has 0 spiro atoms. The third-order valence-electron chi connectivity index (χ3n) is 3.88. The zero-order valence-electron chi connectivity index (χ0n) is 12.2. The number of fused-ring (bicyclic) bond motifs is 1. The Hall–Kier alpha value is -1.71. The fraction of sp³-hybridized carbons (Fsp3) is 0.312. The number of aliphatic carboxylic acids is 1. The number of carboxylic acid groups (broad SMARTS) is 1. The second kappa shape index (κ2) is 6.66. The quantitative estimate of drug-likeness (QED) is 0.605. The third kappa shape index (κ3) is 2.99. The van der Waals surface area contributed by atoms with Gasteiger partial charge in [0.1, 0.15) is 24.1 Å². The fourth-order valence-corrected chi connectivity index (χ4v) is 3.17. The molecule has 128 valence electrons. The van der Waals surface area contributed by atoms with Crippen LogP contribution in [0.1, 0.15) is 0 Å². The molecule has 0 bridgehead atoms. The van der Waals surface area contributed by atoms with Crippen LogP contribution in [0.3, 0.4) is 0 Å². The third-order valence-corrected chi connectivity index (χ3v) is 4.70. The van der Waals surface area contributed by atoms with Gasteiger partial charge in [0.05, 0.1) is 4.47 Å². The van der Waals surface area contributed by atoms with Gasteiger partial charge in [-0.1, -0.05) is 30.3 Å². The lowest BCUT2D eigenvalue weighted by Gasteiger charge is -2.38. The predicted octanol–water partition coefficient (Wildman–Crippen LogP) is 0.873.